The molecule has 0 saturated heterocycles. The van der Waals surface area contributed by atoms with E-state index >= 15 is 0 Å². The van der Waals surface area contributed by atoms with Crippen LogP contribution in [0.4, 0.5) is 5.69 Å². The van der Waals surface area contributed by atoms with E-state index in [0.29, 0.717) is 17.0 Å². The van der Waals surface area contributed by atoms with E-state index in [9.17, 15) is 4.79 Å². The second kappa shape index (κ2) is 5.98. The number of benzene rings is 2. The van der Waals surface area contributed by atoms with Gasteiger partial charge in [0, 0.05) is 17.1 Å². The van der Waals surface area contributed by atoms with Crippen LogP contribution in [0, 0.1) is 11.3 Å². The lowest BCUT2D eigenvalue weighted by atomic mass is 10.2. The smallest absolute Gasteiger partial charge is 0.248 e. The number of hydrogen-bond acceptors (Lipinski definition) is 3. The summed E-state index contributed by atoms with van der Waals surface area (Å²) < 4.78 is 5.60. The fraction of sp³-hybridized carbons (Fsp3) is 0. The lowest BCUT2D eigenvalue weighted by Gasteiger charge is -2.01. The van der Waals surface area contributed by atoms with E-state index in [-0.39, 0.29) is 5.91 Å². The van der Waals surface area contributed by atoms with Crippen LogP contribution < -0.4 is 5.32 Å². The third-order valence-electron chi connectivity index (χ3n) is 3.10. The highest BCUT2D eigenvalue weighted by molar-refractivity contribution is 6.02. The van der Waals surface area contributed by atoms with Gasteiger partial charge < -0.3 is 9.73 Å². The maximum atomic E-state index is 11.9. The zero-order chi connectivity index (χ0) is 15.4. The minimum absolute atomic E-state index is 0.282. The standard InChI is InChI=1S/C18H12N2O2/c19-12-13-4-3-6-15(10-13)20-18(21)9-8-16-11-14-5-1-2-7-17(14)22-16/h1-11H,(H,20,21)/b9-8+. The van der Waals surface area contributed by atoms with Gasteiger partial charge in [0.1, 0.15) is 11.3 Å². The van der Waals surface area contributed by atoms with Gasteiger partial charge in [0.2, 0.25) is 5.91 Å². The molecule has 0 aliphatic rings. The number of nitriles is 1. The Morgan fingerprint density at radius 1 is 1.14 bits per heavy atom. The number of anilines is 1. The summed E-state index contributed by atoms with van der Waals surface area (Å²) in [6, 6.07) is 18.3. The third kappa shape index (κ3) is 3.05. The Kier molecular flexibility index (Phi) is 3.71. The Bertz CT molecular complexity index is 868. The first-order valence-corrected chi connectivity index (χ1v) is 6.72. The quantitative estimate of drug-likeness (QED) is 0.742. The number of nitrogens with zero attached hydrogens (tertiary/aromatic N) is 1. The summed E-state index contributed by atoms with van der Waals surface area (Å²) in [7, 11) is 0. The Hall–Kier alpha value is -3.32. The summed E-state index contributed by atoms with van der Waals surface area (Å²) in [5, 5.41) is 12.5. The van der Waals surface area contributed by atoms with Crippen molar-refractivity contribution in [3.63, 3.8) is 0 Å². The molecular weight excluding hydrogens is 276 g/mol. The molecule has 0 atom stereocenters. The molecule has 0 radical (unpaired) electrons. The molecule has 106 valence electrons. The van der Waals surface area contributed by atoms with Crippen LogP contribution in [-0.2, 0) is 4.79 Å². The maximum absolute atomic E-state index is 11.9. The van der Waals surface area contributed by atoms with Crippen LogP contribution in [0.1, 0.15) is 11.3 Å². The molecule has 0 aliphatic heterocycles. The predicted molar refractivity (Wildman–Crippen MR) is 85.0 cm³/mol. The topological polar surface area (TPSA) is 66.0 Å². The number of furan rings is 1. The van der Waals surface area contributed by atoms with Gasteiger partial charge in [0.05, 0.1) is 11.6 Å². The third-order valence-corrected chi connectivity index (χ3v) is 3.10. The number of carbonyl (C=O) groups excluding carboxylic acids is 1. The molecule has 1 heterocycles. The monoisotopic (exact) mass is 288 g/mol. The largest absolute Gasteiger partial charge is 0.457 e. The first kappa shape index (κ1) is 13.7. The van der Waals surface area contributed by atoms with Crippen LogP contribution in [0.25, 0.3) is 17.0 Å². The molecule has 1 aromatic heterocycles. The first-order valence-electron chi connectivity index (χ1n) is 6.72. The minimum Gasteiger partial charge on any atom is -0.457 e. The van der Waals surface area contributed by atoms with Crippen LogP contribution in [0.3, 0.4) is 0 Å². The highest BCUT2D eigenvalue weighted by atomic mass is 16.3. The number of nitrogens with one attached hydrogen (secondary N) is 1. The Morgan fingerprint density at radius 3 is 2.82 bits per heavy atom. The molecule has 4 heteroatoms. The summed E-state index contributed by atoms with van der Waals surface area (Å²) in [5.41, 5.74) is 1.86. The SMILES string of the molecule is N#Cc1cccc(NC(=O)/C=C/c2cc3ccccc3o2)c1. The normalized spacial score (nSPS) is 10.7. The van der Waals surface area contributed by atoms with Gasteiger partial charge in [0.15, 0.2) is 0 Å². The zero-order valence-corrected chi connectivity index (χ0v) is 11.6. The molecule has 2 aromatic carbocycles. The van der Waals surface area contributed by atoms with Gasteiger partial charge in [-0.05, 0) is 36.4 Å². The second-order valence-electron chi connectivity index (χ2n) is 4.70. The molecule has 3 rings (SSSR count). The first-order chi connectivity index (χ1) is 10.7. The average molecular weight is 288 g/mol. The molecule has 0 unspecified atom stereocenters. The Morgan fingerprint density at radius 2 is 2.00 bits per heavy atom. The van der Waals surface area contributed by atoms with Crippen LogP contribution in [0.2, 0.25) is 0 Å². The molecule has 0 bridgehead atoms. The number of rotatable bonds is 3. The molecule has 0 fully saturated rings. The summed E-state index contributed by atoms with van der Waals surface area (Å²) in [4.78, 5) is 11.9. The second-order valence-corrected chi connectivity index (χ2v) is 4.70. The van der Waals surface area contributed by atoms with Gasteiger partial charge >= 0.3 is 0 Å². The minimum atomic E-state index is -0.282. The number of hydrogen-bond donors (Lipinski definition) is 1. The van der Waals surface area contributed by atoms with Crippen molar-refractivity contribution in [2.75, 3.05) is 5.32 Å². The van der Waals surface area contributed by atoms with Gasteiger partial charge in [-0.2, -0.15) is 5.26 Å². The van der Waals surface area contributed by atoms with Crippen LogP contribution >= 0.6 is 0 Å². The van der Waals surface area contributed by atoms with Crippen molar-refractivity contribution >= 4 is 28.6 Å². The van der Waals surface area contributed by atoms with Gasteiger partial charge in [0.25, 0.3) is 0 Å². The molecule has 3 aromatic rings. The molecule has 4 nitrogen and oxygen atoms in total. The highest BCUT2D eigenvalue weighted by Gasteiger charge is 2.02. The van der Waals surface area contributed by atoms with Crippen molar-refractivity contribution in [2.24, 2.45) is 0 Å². The molecular formula is C18H12N2O2. The maximum Gasteiger partial charge on any atom is 0.248 e. The van der Waals surface area contributed by atoms with Crippen LogP contribution in [-0.4, -0.2) is 5.91 Å². The van der Waals surface area contributed by atoms with Gasteiger partial charge in [-0.1, -0.05) is 24.3 Å². The van der Waals surface area contributed by atoms with E-state index < -0.39 is 0 Å². The van der Waals surface area contributed by atoms with Crippen molar-refractivity contribution in [2.45, 2.75) is 0 Å². The van der Waals surface area contributed by atoms with Gasteiger partial charge in [-0.3, -0.25) is 4.79 Å². The predicted octanol–water partition coefficient (Wildman–Crippen LogP) is 3.96. The highest BCUT2D eigenvalue weighted by Crippen LogP contribution is 2.19. The summed E-state index contributed by atoms with van der Waals surface area (Å²) in [6.45, 7) is 0. The lowest BCUT2D eigenvalue weighted by Crippen LogP contribution is -2.07. The summed E-state index contributed by atoms with van der Waals surface area (Å²) in [6.07, 6.45) is 3.01. The summed E-state index contributed by atoms with van der Waals surface area (Å²) >= 11 is 0. The van der Waals surface area contributed by atoms with Crippen LogP contribution in [0.15, 0.2) is 65.1 Å². The van der Waals surface area contributed by atoms with Crippen molar-refractivity contribution in [1.82, 2.24) is 0 Å². The molecule has 22 heavy (non-hydrogen) atoms. The van der Waals surface area contributed by atoms with E-state index in [1.54, 1.807) is 30.3 Å². The van der Waals surface area contributed by atoms with Gasteiger partial charge in [-0.25, -0.2) is 0 Å². The molecule has 0 saturated carbocycles. The Balaban J connectivity index is 1.71. The lowest BCUT2D eigenvalue weighted by molar-refractivity contribution is -0.111. The van der Waals surface area contributed by atoms with Crippen molar-refractivity contribution in [1.29, 1.82) is 5.26 Å². The average Bonchev–Trinajstić information content (AvgIpc) is 2.96. The van der Waals surface area contributed by atoms with Gasteiger partial charge in [-0.15, -0.1) is 0 Å². The van der Waals surface area contributed by atoms with E-state index in [1.165, 1.54) is 6.08 Å². The van der Waals surface area contributed by atoms with E-state index in [1.807, 2.05) is 36.4 Å². The van der Waals surface area contributed by atoms with E-state index in [2.05, 4.69) is 5.32 Å². The van der Waals surface area contributed by atoms with E-state index in [0.717, 1.165) is 11.0 Å². The zero-order valence-electron chi connectivity index (χ0n) is 11.6. The van der Waals surface area contributed by atoms with Crippen LogP contribution in [0.5, 0.6) is 0 Å². The summed E-state index contributed by atoms with van der Waals surface area (Å²) in [5.74, 6) is 0.331. The number of para-hydroxylation sites is 1. The molecule has 0 spiro atoms. The molecule has 1 amide bonds. The number of amides is 1. The molecule has 1 N–H and O–H groups in total. The number of fused-ring (bicyclic) bond motifs is 1. The number of carbonyl (C=O) groups is 1. The fourth-order valence-corrected chi connectivity index (χ4v) is 2.09. The Labute approximate surface area is 127 Å². The van der Waals surface area contributed by atoms with Crippen molar-refractivity contribution < 1.29 is 9.21 Å². The van der Waals surface area contributed by atoms with Crippen molar-refractivity contribution in [3.8, 4) is 6.07 Å². The fourth-order valence-electron chi connectivity index (χ4n) is 2.09. The molecule has 0 aliphatic carbocycles. The van der Waals surface area contributed by atoms with E-state index in [4.69, 9.17) is 9.68 Å². The van der Waals surface area contributed by atoms with Crippen molar-refractivity contribution in [3.05, 3.63) is 72.0 Å².